The van der Waals surface area contributed by atoms with Crippen LogP contribution >= 0.6 is 15.9 Å². The Bertz CT molecular complexity index is 1120. The van der Waals surface area contributed by atoms with Crippen molar-refractivity contribution in [3.63, 3.8) is 0 Å². The molecule has 0 aliphatic heterocycles. The molecule has 0 amide bonds. The molecule has 9 heteroatoms. The number of carbonyl (C=O) groups is 3. The fourth-order valence-electron chi connectivity index (χ4n) is 2.86. The summed E-state index contributed by atoms with van der Waals surface area (Å²) in [6.45, 7) is 1.28. The SMILES string of the molecule is COC(=O)c1c(-c2cc(OC(C)=O)ccc2Br)nn(-c2ccccc2)c1C(=O)OC. The molecule has 154 valence electrons. The van der Waals surface area contributed by atoms with Gasteiger partial charge in [-0.25, -0.2) is 14.3 Å². The zero-order chi connectivity index (χ0) is 21.8. The minimum atomic E-state index is -0.766. The Morgan fingerprint density at radius 1 is 0.967 bits per heavy atom. The summed E-state index contributed by atoms with van der Waals surface area (Å²) in [5.41, 5.74) is 0.965. The Balaban J connectivity index is 2.35. The standard InChI is InChI=1S/C21H17BrN2O6/c1-12(25)30-14-9-10-16(22)15(11-14)18-17(20(26)28-2)19(21(27)29-3)24(23-18)13-7-5-4-6-8-13/h4-11H,1-3H3. The van der Waals surface area contributed by atoms with Crippen LogP contribution < -0.4 is 4.74 Å². The smallest absolute Gasteiger partial charge is 0.357 e. The van der Waals surface area contributed by atoms with E-state index in [4.69, 9.17) is 14.2 Å². The van der Waals surface area contributed by atoms with E-state index < -0.39 is 17.9 Å². The van der Waals surface area contributed by atoms with Crippen molar-refractivity contribution in [3.8, 4) is 22.7 Å². The number of esters is 3. The van der Waals surface area contributed by atoms with Gasteiger partial charge in [0.1, 0.15) is 17.0 Å². The predicted molar refractivity (Wildman–Crippen MR) is 111 cm³/mol. The Hall–Kier alpha value is -3.46. The topological polar surface area (TPSA) is 96.7 Å². The zero-order valence-corrected chi connectivity index (χ0v) is 17.9. The first-order valence-corrected chi connectivity index (χ1v) is 9.50. The number of aromatic nitrogens is 2. The first-order valence-electron chi connectivity index (χ1n) is 8.70. The number of benzene rings is 2. The van der Waals surface area contributed by atoms with E-state index in [0.29, 0.717) is 15.7 Å². The first-order chi connectivity index (χ1) is 14.4. The van der Waals surface area contributed by atoms with Crippen LogP contribution in [0.2, 0.25) is 0 Å². The van der Waals surface area contributed by atoms with Gasteiger partial charge in [0.2, 0.25) is 0 Å². The molecule has 0 saturated heterocycles. The molecule has 0 aliphatic carbocycles. The van der Waals surface area contributed by atoms with Gasteiger partial charge in [-0.1, -0.05) is 34.1 Å². The average molecular weight is 473 g/mol. The molecule has 0 aliphatic rings. The lowest BCUT2D eigenvalue weighted by Gasteiger charge is -2.08. The summed E-state index contributed by atoms with van der Waals surface area (Å²) < 4.78 is 16.8. The second kappa shape index (κ2) is 8.91. The van der Waals surface area contributed by atoms with Crippen molar-refractivity contribution < 1.29 is 28.6 Å². The highest BCUT2D eigenvalue weighted by Crippen LogP contribution is 2.36. The fraction of sp³-hybridized carbons (Fsp3) is 0.143. The van der Waals surface area contributed by atoms with Crippen molar-refractivity contribution >= 4 is 33.8 Å². The van der Waals surface area contributed by atoms with Gasteiger partial charge in [0.05, 0.1) is 19.9 Å². The summed E-state index contributed by atoms with van der Waals surface area (Å²) in [7, 11) is 2.42. The number of nitrogens with zero attached hydrogens (tertiary/aromatic N) is 2. The summed E-state index contributed by atoms with van der Waals surface area (Å²) in [6.07, 6.45) is 0. The van der Waals surface area contributed by atoms with Crippen LogP contribution in [-0.4, -0.2) is 41.9 Å². The fourth-order valence-corrected chi connectivity index (χ4v) is 3.29. The Labute approximate surface area is 180 Å². The molecule has 0 spiro atoms. The third-order valence-electron chi connectivity index (χ3n) is 4.11. The van der Waals surface area contributed by atoms with Gasteiger partial charge in [-0.05, 0) is 30.3 Å². The molecule has 8 nitrogen and oxygen atoms in total. The molecule has 0 atom stereocenters. The molecule has 1 heterocycles. The van der Waals surface area contributed by atoms with Crippen LogP contribution in [0.1, 0.15) is 27.8 Å². The van der Waals surface area contributed by atoms with Crippen molar-refractivity contribution in [1.29, 1.82) is 0 Å². The number of hydrogen-bond donors (Lipinski definition) is 0. The van der Waals surface area contributed by atoms with Gasteiger partial charge in [0.25, 0.3) is 0 Å². The van der Waals surface area contributed by atoms with E-state index in [-0.39, 0.29) is 22.7 Å². The van der Waals surface area contributed by atoms with Crippen LogP contribution in [0.15, 0.2) is 53.0 Å². The van der Waals surface area contributed by atoms with E-state index in [9.17, 15) is 14.4 Å². The Morgan fingerprint density at radius 2 is 1.63 bits per heavy atom. The van der Waals surface area contributed by atoms with Crippen LogP contribution in [0.3, 0.4) is 0 Å². The molecule has 30 heavy (non-hydrogen) atoms. The molecule has 0 unspecified atom stereocenters. The maximum Gasteiger partial charge on any atom is 0.357 e. The summed E-state index contributed by atoms with van der Waals surface area (Å²) >= 11 is 3.42. The normalized spacial score (nSPS) is 10.4. The van der Waals surface area contributed by atoms with Crippen molar-refractivity contribution in [2.24, 2.45) is 0 Å². The maximum atomic E-state index is 12.7. The van der Waals surface area contributed by atoms with Gasteiger partial charge < -0.3 is 14.2 Å². The minimum Gasteiger partial charge on any atom is -0.465 e. The van der Waals surface area contributed by atoms with Gasteiger partial charge in [0, 0.05) is 17.0 Å². The summed E-state index contributed by atoms with van der Waals surface area (Å²) in [5.74, 6) is -1.77. The van der Waals surface area contributed by atoms with Gasteiger partial charge in [-0.15, -0.1) is 0 Å². The van der Waals surface area contributed by atoms with Gasteiger partial charge in [0.15, 0.2) is 5.69 Å². The number of ether oxygens (including phenoxy) is 3. The molecule has 0 radical (unpaired) electrons. The van der Waals surface area contributed by atoms with Crippen molar-refractivity contribution in [2.45, 2.75) is 6.92 Å². The Morgan fingerprint density at radius 3 is 2.23 bits per heavy atom. The number of carbonyl (C=O) groups excluding carboxylic acids is 3. The number of rotatable bonds is 5. The largest absolute Gasteiger partial charge is 0.465 e. The van der Waals surface area contributed by atoms with Crippen LogP contribution in [0.4, 0.5) is 0 Å². The molecule has 0 N–H and O–H groups in total. The monoisotopic (exact) mass is 472 g/mol. The number of para-hydroxylation sites is 1. The highest BCUT2D eigenvalue weighted by Gasteiger charge is 2.32. The number of halogens is 1. The van der Waals surface area contributed by atoms with Crippen LogP contribution in [-0.2, 0) is 14.3 Å². The quantitative estimate of drug-likeness (QED) is 0.411. The summed E-state index contributed by atoms with van der Waals surface area (Å²) in [5, 5.41) is 4.51. The van der Waals surface area contributed by atoms with Gasteiger partial charge >= 0.3 is 17.9 Å². The first kappa shape index (κ1) is 21.3. The van der Waals surface area contributed by atoms with Crippen LogP contribution in [0, 0.1) is 0 Å². The summed E-state index contributed by atoms with van der Waals surface area (Å²) in [4.78, 5) is 36.7. The van der Waals surface area contributed by atoms with E-state index >= 15 is 0 Å². The van der Waals surface area contributed by atoms with Gasteiger partial charge in [-0.2, -0.15) is 5.10 Å². The average Bonchev–Trinajstić information content (AvgIpc) is 3.14. The van der Waals surface area contributed by atoms with Crippen LogP contribution in [0.25, 0.3) is 16.9 Å². The second-order valence-electron chi connectivity index (χ2n) is 6.04. The maximum absolute atomic E-state index is 12.7. The molecular formula is C21H17BrN2O6. The third-order valence-corrected chi connectivity index (χ3v) is 4.80. The second-order valence-corrected chi connectivity index (χ2v) is 6.89. The molecular weight excluding hydrogens is 456 g/mol. The highest BCUT2D eigenvalue weighted by atomic mass is 79.9. The van der Waals surface area contributed by atoms with E-state index in [2.05, 4.69) is 21.0 Å². The molecule has 0 saturated carbocycles. The summed E-state index contributed by atoms with van der Waals surface area (Å²) in [6, 6.07) is 13.6. The minimum absolute atomic E-state index is 0.0751. The van der Waals surface area contributed by atoms with Crippen molar-refractivity contribution in [3.05, 3.63) is 64.3 Å². The van der Waals surface area contributed by atoms with E-state index in [1.54, 1.807) is 36.4 Å². The van der Waals surface area contributed by atoms with E-state index in [1.807, 2.05) is 6.07 Å². The zero-order valence-electron chi connectivity index (χ0n) is 16.3. The number of methoxy groups -OCH3 is 2. The lowest BCUT2D eigenvalue weighted by Crippen LogP contribution is -2.15. The molecule has 3 aromatic rings. The lowest BCUT2D eigenvalue weighted by atomic mass is 10.1. The molecule has 0 bridgehead atoms. The lowest BCUT2D eigenvalue weighted by molar-refractivity contribution is -0.131. The van der Waals surface area contributed by atoms with Gasteiger partial charge in [-0.3, -0.25) is 4.79 Å². The van der Waals surface area contributed by atoms with E-state index in [0.717, 1.165) is 0 Å². The van der Waals surface area contributed by atoms with E-state index in [1.165, 1.54) is 31.9 Å². The number of hydrogen-bond acceptors (Lipinski definition) is 7. The third kappa shape index (κ3) is 4.11. The molecule has 3 rings (SSSR count). The molecule has 0 fully saturated rings. The molecule has 1 aromatic heterocycles. The highest BCUT2D eigenvalue weighted by molar-refractivity contribution is 9.10. The van der Waals surface area contributed by atoms with Crippen LogP contribution in [0.5, 0.6) is 5.75 Å². The molecule has 2 aromatic carbocycles. The Kier molecular flexibility index (Phi) is 6.31. The van der Waals surface area contributed by atoms with Crippen molar-refractivity contribution in [1.82, 2.24) is 9.78 Å². The predicted octanol–water partition coefficient (Wildman–Crippen LogP) is 3.80. The van der Waals surface area contributed by atoms with Crippen molar-refractivity contribution in [2.75, 3.05) is 14.2 Å².